The lowest BCUT2D eigenvalue weighted by molar-refractivity contribution is 0.278. The van der Waals surface area contributed by atoms with Gasteiger partial charge in [0.15, 0.2) is 0 Å². The molecule has 98 valence electrons. The number of aliphatic hydroxyl groups is 1. The highest BCUT2D eigenvalue weighted by Gasteiger charge is 2.11. The normalized spacial score (nSPS) is 11.1. The zero-order chi connectivity index (χ0) is 13.2. The molecule has 3 rings (SSSR count). The summed E-state index contributed by atoms with van der Waals surface area (Å²) in [6, 6.07) is 6.29. The van der Waals surface area contributed by atoms with Gasteiger partial charge in [-0.05, 0) is 18.2 Å². The van der Waals surface area contributed by atoms with Crippen molar-refractivity contribution in [1.29, 1.82) is 0 Å². The SMILES string of the molecule is OCCn1c(Nc2cc[nH]c2)nc2cc(F)ccc21. The van der Waals surface area contributed by atoms with Crippen molar-refractivity contribution in [2.24, 2.45) is 0 Å². The Bertz CT molecular complexity index is 690. The summed E-state index contributed by atoms with van der Waals surface area (Å²) >= 11 is 0. The average Bonchev–Trinajstić information content (AvgIpc) is 2.99. The molecule has 19 heavy (non-hydrogen) atoms. The first kappa shape index (κ1) is 11.7. The van der Waals surface area contributed by atoms with Crippen molar-refractivity contribution in [3.8, 4) is 0 Å². The fourth-order valence-electron chi connectivity index (χ4n) is 2.06. The van der Waals surface area contributed by atoms with Crippen molar-refractivity contribution >= 4 is 22.7 Å². The standard InChI is InChI=1S/C13H13FN4O/c14-9-1-2-12-11(7-9)17-13(18(12)5-6-19)16-10-3-4-15-8-10/h1-4,7-8,15,19H,5-6H2,(H,16,17). The van der Waals surface area contributed by atoms with Crippen molar-refractivity contribution in [2.75, 3.05) is 11.9 Å². The molecule has 0 radical (unpaired) electrons. The van der Waals surface area contributed by atoms with Crippen molar-refractivity contribution in [3.05, 3.63) is 42.5 Å². The number of halogens is 1. The monoisotopic (exact) mass is 260 g/mol. The van der Waals surface area contributed by atoms with Crippen LogP contribution in [0.1, 0.15) is 0 Å². The fraction of sp³-hybridized carbons (Fsp3) is 0.154. The lowest BCUT2D eigenvalue weighted by atomic mass is 10.3. The van der Waals surface area contributed by atoms with Crippen LogP contribution in [-0.2, 0) is 6.54 Å². The summed E-state index contributed by atoms with van der Waals surface area (Å²) in [5.74, 6) is 0.253. The Morgan fingerprint density at radius 2 is 2.26 bits per heavy atom. The Morgan fingerprint density at radius 3 is 3.00 bits per heavy atom. The van der Waals surface area contributed by atoms with Crippen LogP contribution in [-0.4, -0.2) is 26.2 Å². The summed E-state index contributed by atoms with van der Waals surface area (Å²) in [5, 5.41) is 12.3. The van der Waals surface area contributed by atoms with Crippen LogP contribution in [0, 0.1) is 5.82 Å². The first-order chi connectivity index (χ1) is 9.28. The maximum Gasteiger partial charge on any atom is 0.208 e. The lowest BCUT2D eigenvalue weighted by Crippen LogP contribution is -2.06. The van der Waals surface area contributed by atoms with Gasteiger partial charge in [0.05, 0.1) is 23.3 Å². The van der Waals surface area contributed by atoms with Crippen LogP contribution in [0.25, 0.3) is 11.0 Å². The minimum atomic E-state index is -0.325. The molecule has 0 aliphatic carbocycles. The number of aliphatic hydroxyl groups excluding tert-OH is 1. The van der Waals surface area contributed by atoms with Crippen LogP contribution in [0.2, 0.25) is 0 Å². The molecule has 0 atom stereocenters. The van der Waals surface area contributed by atoms with Gasteiger partial charge in [-0.15, -0.1) is 0 Å². The molecule has 2 heterocycles. The fourth-order valence-corrected chi connectivity index (χ4v) is 2.06. The Balaban J connectivity index is 2.08. The molecule has 3 N–H and O–H groups in total. The number of H-pyrrole nitrogens is 1. The van der Waals surface area contributed by atoms with Crippen LogP contribution in [0.15, 0.2) is 36.7 Å². The molecule has 0 aliphatic rings. The molecule has 0 unspecified atom stereocenters. The van der Waals surface area contributed by atoms with E-state index in [-0.39, 0.29) is 12.4 Å². The minimum absolute atomic E-state index is 0.00927. The third kappa shape index (κ3) is 2.17. The zero-order valence-electron chi connectivity index (χ0n) is 10.1. The summed E-state index contributed by atoms with van der Waals surface area (Å²) in [7, 11) is 0. The number of aromatic amines is 1. The number of nitrogens with one attached hydrogen (secondary N) is 2. The third-order valence-electron chi connectivity index (χ3n) is 2.89. The molecule has 5 nitrogen and oxygen atoms in total. The number of fused-ring (bicyclic) bond motifs is 1. The molecule has 0 spiro atoms. The Labute approximate surface area is 108 Å². The number of hydrogen-bond donors (Lipinski definition) is 3. The van der Waals surface area contributed by atoms with Crippen LogP contribution in [0.3, 0.4) is 0 Å². The van der Waals surface area contributed by atoms with Gasteiger partial charge in [-0.25, -0.2) is 9.37 Å². The Morgan fingerprint density at radius 1 is 1.37 bits per heavy atom. The minimum Gasteiger partial charge on any atom is -0.395 e. The van der Waals surface area contributed by atoms with Crippen LogP contribution in [0.5, 0.6) is 0 Å². The highest BCUT2D eigenvalue weighted by Crippen LogP contribution is 2.23. The van der Waals surface area contributed by atoms with E-state index in [1.165, 1.54) is 12.1 Å². The van der Waals surface area contributed by atoms with Gasteiger partial charge >= 0.3 is 0 Å². The maximum atomic E-state index is 13.2. The molecule has 2 aromatic heterocycles. The first-order valence-corrected chi connectivity index (χ1v) is 5.94. The van der Waals surface area contributed by atoms with E-state index in [9.17, 15) is 4.39 Å². The second-order valence-electron chi connectivity index (χ2n) is 4.17. The summed E-state index contributed by atoms with van der Waals surface area (Å²) in [6.45, 7) is 0.388. The first-order valence-electron chi connectivity index (χ1n) is 5.94. The average molecular weight is 260 g/mol. The predicted octanol–water partition coefficient (Wildman–Crippen LogP) is 2.24. The number of nitrogens with zero attached hydrogens (tertiary/aromatic N) is 2. The Kier molecular flexibility index (Phi) is 2.92. The van der Waals surface area contributed by atoms with Gasteiger partial charge in [0.1, 0.15) is 5.82 Å². The van der Waals surface area contributed by atoms with E-state index in [4.69, 9.17) is 5.11 Å². The number of imidazole rings is 1. The van der Waals surface area contributed by atoms with Crippen LogP contribution in [0.4, 0.5) is 16.0 Å². The summed E-state index contributed by atoms with van der Waals surface area (Å²) in [4.78, 5) is 7.29. The molecular formula is C13H13FN4O. The van der Waals surface area contributed by atoms with Gasteiger partial charge in [0.25, 0.3) is 0 Å². The maximum absolute atomic E-state index is 13.2. The number of rotatable bonds is 4. The van der Waals surface area contributed by atoms with E-state index in [1.807, 2.05) is 10.6 Å². The molecule has 3 aromatic rings. The number of benzene rings is 1. The number of anilines is 2. The third-order valence-corrected chi connectivity index (χ3v) is 2.89. The Hall–Kier alpha value is -2.34. The number of aromatic nitrogens is 3. The quantitative estimate of drug-likeness (QED) is 0.674. The molecule has 0 bridgehead atoms. The van der Waals surface area contributed by atoms with E-state index in [2.05, 4.69) is 15.3 Å². The van der Waals surface area contributed by atoms with Gasteiger partial charge in [0, 0.05) is 25.0 Å². The van der Waals surface area contributed by atoms with Gasteiger partial charge < -0.3 is 20.0 Å². The van der Waals surface area contributed by atoms with Crippen LogP contribution < -0.4 is 5.32 Å². The molecule has 0 aliphatic heterocycles. The van der Waals surface area contributed by atoms with E-state index in [1.54, 1.807) is 18.5 Å². The predicted molar refractivity (Wildman–Crippen MR) is 70.9 cm³/mol. The van der Waals surface area contributed by atoms with Crippen molar-refractivity contribution in [2.45, 2.75) is 6.54 Å². The highest BCUT2D eigenvalue weighted by molar-refractivity contribution is 5.79. The van der Waals surface area contributed by atoms with Gasteiger partial charge in [-0.1, -0.05) is 0 Å². The highest BCUT2D eigenvalue weighted by atomic mass is 19.1. The molecule has 6 heteroatoms. The molecule has 0 saturated heterocycles. The van der Waals surface area contributed by atoms with E-state index in [0.29, 0.717) is 18.0 Å². The van der Waals surface area contributed by atoms with Gasteiger partial charge in [0.2, 0.25) is 5.95 Å². The second-order valence-corrected chi connectivity index (χ2v) is 4.17. The molecule has 1 aromatic carbocycles. The van der Waals surface area contributed by atoms with Gasteiger partial charge in [-0.2, -0.15) is 0 Å². The van der Waals surface area contributed by atoms with Crippen LogP contribution >= 0.6 is 0 Å². The topological polar surface area (TPSA) is 65.9 Å². The van der Waals surface area contributed by atoms with E-state index in [0.717, 1.165) is 11.2 Å². The smallest absolute Gasteiger partial charge is 0.208 e. The van der Waals surface area contributed by atoms with E-state index < -0.39 is 0 Å². The summed E-state index contributed by atoms with van der Waals surface area (Å²) < 4.78 is 15.0. The second kappa shape index (κ2) is 4.74. The molecule has 0 fully saturated rings. The van der Waals surface area contributed by atoms with Gasteiger partial charge in [-0.3, -0.25) is 0 Å². The molecule has 0 amide bonds. The summed E-state index contributed by atoms with van der Waals surface area (Å²) in [6.07, 6.45) is 3.59. The van der Waals surface area contributed by atoms with E-state index >= 15 is 0 Å². The molecular weight excluding hydrogens is 247 g/mol. The zero-order valence-corrected chi connectivity index (χ0v) is 10.1. The van der Waals surface area contributed by atoms with Crippen molar-refractivity contribution in [3.63, 3.8) is 0 Å². The van der Waals surface area contributed by atoms with Crippen molar-refractivity contribution in [1.82, 2.24) is 14.5 Å². The van der Waals surface area contributed by atoms with Crippen molar-refractivity contribution < 1.29 is 9.50 Å². The lowest BCUT2D eigenvalue weighted by Gasteiger charge is -2.07. The summed E-state index contributed by atoms with van der Waals surface area (Å²) in [5.41, 5.74) is 2.20. The number of hydrogen-bond acceptors (Lipinski definition) is 3. The molecule has 0 saturated carbocycles. The largest absolute Gasteiger partial charge is 0.395 e.